The van der Waals surface area contributed by atoms with Crippen LogP contribution in [0, 0.1) is 5.92 Å². The zero-order chi connectivity index (χ0) is 9.19. The van der Waals surface area contributed by atoms with E-state index in [1.54, 1.807) is 0 Å². The molecule has 1 rings (SSSR count). The van der Waals surface area contributed by atoms with Crippen LogP contribution in [-0.2, 0) is 14.6 Å². The van der Waals surface area contributed by atoms with Crippen molar-refractivity contribution < 1.29 is 13.2 Å². The number of carbonyl (C=O) groups excluding carboxylic acids is 1. The van der Waals surface area contributed by atoms with Gasteiger partial charge in [0.1, 0.15) is 11.5 Å². The van der Waals surface area contributed by atoms with Crippen molar-refractivity contribution in [3.05, 3.63) is 0 Å². The Kier molecular flexibility index (Phi) is 2.88. The van der Waals surface area contributed by atoms with Crippen LogP contribution in [0.3, 0.4) is 0 Å². The van der Waals surface area contributed by atoms with Crippen molar-refractivity contribution in [3.8, 4) is 0 Å². The summed E-state index contributed by atoms with van der Waals surface area (Å²) in [6.45, 7) is 0. The van der Waals surface area contributed by atoms with Gasteiger partial charge in [0.25, 0.3) is 0 Å². The van der Waals surface area contributed by atoms with Crippen LogP contribution in [-0.4, -0.2) is 26.2 Å². The van der Waals surface area contributed by atoms with Gasteiger partial charge in [-0.05, 0) is 18.8 Å². The third kappa shape index (κ3) is 2.06. The maximum Gasteiger partial charge on any atom is 0.157 e. The van der Waals surface area contributed by atoms with Crippen molar-refractivity contribution in [1.82, 2.24) is 0 Å². The molecular weight excluding hydrogens is 176 g/mol. The molecule has 1 aliphatic rings. The van der Waals surface area contributed by atoms with Crippen molar-refractivity contribution in [2.24, 2.45) is 5.92 Å². The summed E-state index contributed by atoms with van der Waals surface area (Å²) in [6, 6.07) is 0. The van der Waals surface area contributed by atoms with Gasteiger partial charge in [0, 0.05) is 6.26 Å². The number of carbonyl (C=O) groups is 1. The third-order valence-electron chi connectivity index (χ3n) is 2.49. The van der Waals surface area contributed by atoms with Gasteiger partial charge in [-0.3, -0.25) is 0 Å². The lowest BCUT2D eigenvalue weighted by molar-refractivity contribution is -0.108. The number of hydrogen-bond donors (Lipinski definition) is 0. The Morgan fingerprint density at radius 2 is 1.83 bits per heavy atom. The van der Waals surface area contributed by atoms with Gasteiger partial charge in [-0.15, -0.1) is 0 Å². The van der Waals surface area contributed by atoms with Crippen molar-refractivity contribution in [2.45, 2.75) is 30.9 Å². The average Bonchev–Trinajstić information content (AvgIpc) is 2.38. The second kappa shape index (κ2) is 3.56. The molecule has 0 aromatic carbocycles. The van der Waals surface area contributed by atoms with Crippen LogP contribution in [0.2, 0.25) is 0 Å². The molecule has 4 heteroatoms. The lowest BCUT2D eigenvalue weighted by Crippen LogP contribution is -2.28. The summed E-state index contributed by atoms with van der Waals surface area (Å²) in [5.41, 5.74) is 0. The Hall–Kier alpha value is -0.380. The molecule has 12 heavy (non-hydrogen) atoms. The number of aldehydes is 1. The molecule has 0 aliphatic heterocycles. The molecule has 1 saturated carbocycles. The molecule has 3 nitrogen and oxygen atoms in total. The van der Waals surface area contributed by atoms with Crippen molar-refractivity contribution in [3.63, 3.8) is 0 Å². The van der Waals surface area contributed by atoms with Crippen LogP contribution in [0.4, 0.5) is 0 Å². The Balaban J connectivity index is 2.74. The molecule has 0 radical (unpaired) electrons. The molecule has 1 atom stereocenters. The SMILES string of the molecule is CS(=O)(=O)C(C=O)C1CCCC1. The van der Waals surface area contributed by atoms with Crippen LogP contribution in [0.1, 0.15) is 25.7 Å². The summed E-state index contributed by atoms with van der Waals surface area (Å²) < 4.78 is 22.2. The topological polar surface area (TPSA) is 51.2 Å². The van der Waals surface area contributed by atoms with Gasteiger partial charge < -0.3 is 4.79 Å². The highest BCUT2D eigenvalue weighted by molar-refractivity contribution is 7.92. The monoisotopic (exact) mass is 190 g/mol. The van der Waals surface area contributed by atoms with Gasteiger partial charge in [-0.2, -0.15) is 0 Å². The fourth-order valence-corrected chi connectivity index (χ4v) is 3.02. The minimum atomic E-state index is -3.17. The van der Waals surface area contributed by atoms with E-state index in [1.165, 1.54) is 0 Å². The highest BCUT2D eigenvalue weighted by atomic mass is 32.2. The lowest BCUT2D eigenvalue weighted by Gasteiger charge is -2.14. The fourth-order valence-electron chi connectivity index (χ4n) is 1.85. The van der Waals surface area contributed by atoms with Crippen molar-refractivity contribution >= 4 is 16.1 Å². The third-order valence-corrected chi connectivity index (χ3v) is 3.98. The largest absolute Gasteiger partial charge is 0.302 e. The van der Waals surface area contributed by atoms with E-state index in [-0.39, 0.29) is 5.92 Å². The van der Waals surface area contributed by atoms with E-state index in [0.29, 0.717) is 6.29 Å². The van der Waals surface area contributed by atoms with Crippen LogP contribution in [0.5, 0.6) is 0 Å². The Bertz CT molecular complexity index is 249. The maximum absolute atomic E-state index is 11.1. The normalized spacial score (nSPS) is 22.4. The highest BCUT2D eigenvalue weighted by Crippen LogP contribution is 2.29. The lowest BCUT2D eigenvalue weighted by atomic mass is 10.1. The van der Waals surface area contributed by atoms with E-state index in [1.807, 2.05) is 0 Å². The molecule has 1 unspecified atom stereocenters. The Morgan fingerprint density at radius 1 is 1.33 bits per heavy atom. The van der Waals surface area contributed by atoms with Gasteiger partial charge in [0.2, 0.25) is 0 Å². The molecule has 1 aliphatic carbocycles. The minimum Gasteiger partial charge on any atom is -0.302 e. The molecule has 0 spiro atoms. The van der Waals surface area contributed by atoms with Crippen molar-refractivity contribution in [2.75, 3.05) is 6.26 Å². The number of rotatable bonds is 3. The van der Waals surface area contributed by atoms with Crippen molar-refractivity contribution in [1.29, 1.82) is 0 Å². The molecule has 0 heterocycles. The summed E-state index contributed by atoms with van der Waals surface area (Å²) in [6.07, 6.45) is 5.62. The summed E-state index contributed by atoms with van der Waals surface area (Å²) in [7, 11) is -3.17. The van der Waals surface area contributed by atoms with Gasteiger partial charge >= 0.3 is 0 Å². The second-order valence-corrected chi connectivity index (χ2v) is 5.68. The Morgan fingerprint density at radius 3 is 2.17 bits per heavy atom. The summed E-state index contributed by atoms with van der Waals surface area (Å²) >= 11 is 0. The van der Waals surface area contributed by atoms with E-state index in [2.05, 4.69) is 0 Å². The first kappa shape index (κ1) is 9.71. The molecule has 0 saturated heterocycles. The first-order valence-corrected chi connectivity index (χ1v) is 6.15. The van der Waals surface area contributed by atoms with E-state index < -0.39 is 15.1 Å². The summed E-state index contributed by atoms with van der Waals surface area (Å²) in [5.74, 6) is 0.0810. The quantitative estimate of drug-likeness (QED) is 0.618. The van der Waals surface area contributed by atoms with Crippen LogP contribution >= 0.6 is 0 Å². The fraction of sp³-hybridized carbons (Fsp3) is 0.875. The van der Waals surface area contributed by atoms with Crippen LogP contribution in [0.15, 0.2) is 0 Å². The standard InChI is InChI=1S/C8H14O3S/c1-12(10,11)8(6-9)7-4-2-3-5-7/h6-8H,2-5H2,1H3. The minimum absolute atomic E-state index is 0.0810. The van der Waals surface area contributed by atoms with E-state index >= 15 is 0 Å². The Labute approximate surface area is 73.1 Å². The van der Waals surface area contributed by atoms with Gasteiger partial charge in [-0.25, -0.2) is 8.42 Å². The molecule has 0 bridgehead atoms. The molecule has 1 fully saturated rings. The predicted molar refractivity (Wildman–Crippen MR) is 46.7 cm³/mol. The second-order valence-electron chi connectivity index (χ2n) is 3.47. The first-order chi connectivity index (χ1) is 5.55. The van der Waals surface area contributed by atoms with Gasteiger partial charge in [0.15, 0.2) is 9.84 Å². The zero-order valence-electron chi connectivity index (χ0n) is 7.19. The average molecular weight is 190 g/mol. The smallest absolute Gasteiger partial charge is 0.157 e. The molecule has 0 aromatic rings. The molecule has 0 amide bonds. The van der Waals surface area contributed by atoms with E-state index in [9.17, 15) is 13.2 Å². The predicted octanol–water partition coefficient (Wildman–Crippen LogP) is 0.789. The molecule has 0 aromatic heterocycles. The van der Waals surface area contributed by atoms with E-state index in [0.717, 1.165) is 31.9 Å². The van der Waals surface area contributed by atoms with E-state index in [4.69, 9.17) is 0 Å². The molecule has 0 N–H and O–H groups in total. The number of sulfone groups is 1. The summed E-state index contributed by atoms with van der Waals surface area (Å²) in [5, 5.41) is -0.750. The zero-order valence-corrected chi connectivity index (χ0v) is 8.01. The van der Waals surface area contributed by atoms with Gasteiger partial charge in [0.05, 0.1) is 0 Å². The van der Waals surface area contributed by atoms with Gasteiger partial charge in [-0.1, -0.05) is 12.8 Å². The maximum atomic E-state index is 11.1. The van der Waals surface area contributed by atoms with Crippen LogP contribution in [0.25, 0.3) is 0 Å². The summed E-state index contributed by atoms with van der Waals surface area (Å²) in [4.78, 5) is 10.6. The first-order valence-electron chi connectivity index (χ1n) is 4.20. The highest BCUT2D eigenvalue weighted by Gasteiger charge is 2.31. The van der Waals surface area contributed by atoms with Crippen LogP contribution < -0.4 is 0 Å². The molecule has 70 valence electrons. The molecular formula is C8H14O3S. The number of hydrogen-bond acceptors (Lipinski definition) is 3.